The zero-order valence-electron chi connectivity index (χ0n) is 18.0. The molecule has 0 radical (unpaired) electrons. The van der Waals surface area contributed by atoms with E-state index in [1.165, 1.54) is 17.2 Å². The topological polar surface area (TPSA) is 63.7 Å². The van der Waals surface area contributed by atoms with E-state index in [0.717, 1.165) is 24.7 Å². The fourth-order valence-corrected chi connectivity index (χ4v) is 5.51. The second-order valence-corrected chi connectivity index (χ2v) is 9.24. The van der Waals surface area contributed by atoms with Gasteiger partial charge >= 0.3 is 6.36 Å². The van der Waals surface area contributed by atoms with Gasteiger partial charge in [-0.2, -0.15) is 0 Å². The van der Waals surface area contributed by atoms with E-state index in [0.29, 0.717) is 24.5 Å². The Kier molecular flexibility index (Phi) is 5.19. The van der Waals surface area contributed by atoms with Gasteiger partial charge in [0.25, 0.3) is 0 Å². The normalized spacial score (nSPS) is 31.7. The van der Waals surface area contributed by atoms with Crippen molar-refractivity contribution in [1.82, 2.24) is 15.2 Å². The highest BCUT2D eigenvalue weighted by Crippen LogP contribution is 2.44. The van der Waals surface area contributed by atoms with E-state index in [1.54, 1.807) is 6.26 Å². The van der Waals surface area contributed by atoms with Crippen LogP contribution in [0.4, 0.5) is 13.2 Å². The molecule has 0 bridgehead atoms. The number of alkyl halides is 3. The van der Waals surface area contributed by atoms with Crippen LogP contribution < -0.4 is 10.1 Å². The van der Waals surface area contributed by atoms with Crippen LogP contribution in [0.2, 0.25) is 0 Å². The molecule has 4 heterocycles. The molecule has 172 valence electrons. The zero-order valence-corrected chi connectivity index (χ0v) is 18.0. The summed E-state index contributed by atoms with van der Waals surface area (Å²) >= 11 is 0. The summed E-state index contributed by atoms with van der Waals surface area (Å²) in [5.74, 6) is -0.112. The van der Waals surface area contributed by atoms with Crippen LogP contribution in [0.25, 0.3) is 0 Å². The van der Waals surface area contributed by atoms with Crippen molar-refractivity contribution in [2.24, 2.45) is 11.8 Å². The lowest BCUT2D eigenvalue weighted by Crippen LogP contribution is -2.51. The third-order valence-electron chi connectivity index (χ3n) is 7.15. The molecule has 1 aromatic rings. The third kappa shape index (κ3) is 3.87. The van der Waals surface area contributed by atoms with Gasteiger partial charge in [0.1, 0.15) is 5.75 Å². The van der Waals surface area contributed by atoms with E-state index in [4.69, 9.17) is 4.74 Å². The third-order valence-corrected chi connectivity index (χ3v) is 7.15. The number of halogens is 3. The fourth-order valence-electron chi connectivity index (χ4n) is 5.51. The van der Waals surface area contributed by atoms with Gasteiger partial charge in [0, 0.05) is 36.7 Å². The Balaban J connectivity index is 1.35. The van der Waals surface area contributed by atoms with Gasteiger partial charge in [0.15, 0.2) is 0 Å². The van der Waals surface area contributed by atoms with Crippen LogP contribution in [0.3, 0.4) is 0 Å². The van der Waals surface area contributed by atoms with Crippen molar-refractivity contribution >= 4 is 5.91 Å². The smallest absolute Gasteiger partial charge is 0.501 e. The average Bonchev–Trinajstić information content (AvgIpc) is 3.16. The summed E-state index contributed by atoms with van der Waals surface area (Å²) in [6.45, 7) is 5.14. The van der Waals surface area contributed by atoms with Gasteiger partial charge in [0.05, 0.1) is 31.0 Å². The molecular weight excluding hydrogens is 423 g/mol. The molecule has 5 atom stereocenters. The maximum absolute atomic E-state index is 13.4. The van der Waals surface area contributed by atoms with Gasteiger partial charge in [0.2, 0.25) is 5.91 Å². The monoisotopic (exact) mass is 449 g/mol. The van der Waals surface area contributed by atoms with Gasteiger partial charge in [-0.1, -0.05) is 18.1 Å². The Bertz CT molecular complexity index is 990. The molecule has 0 saturated heterocycles. The Labute approximate surface area is 184 Å². The number of hydrogen-bond acceptors (Lipinski definition) is 5. The van der Waals surface area contributed by atoms with Crippen molar-refractivity contribution in [3.05, 3.63) is 47.0 Å². The molecule has 4 aliphatic rings. The minimum absolute atomic E-state index is 0.0586. The maximum Gasteiger partial charge on any atom is 0.573 e. The van der Waals surface area contributed by atoms with Crippen LogP contribution in [0.1, 0.15) is 37.9 Å². The van der Waals surface area contributed by atoms with E-state index < -0.39 is 6.36 Å². The van der Waals surface area contributed by atoms with Crippen molar-refractivity contribution in [2.75, 3.05) is 6.61 Å². The summed E-state index contributed by atoms with van der Waals surface area (Å²) in [6, 6.07) is 1.68. The second kappa shape index (κ2) is 7.79. The number of aromatic nitrogens is 1. The van der Waals surface area contributed by atoms with Gasteiger partial charge in [-0.05, 0) is 37.5 Å². The maximum atomic E-state index is 13.4. The van der Waals surface area contributed by atoms with Crippen molar-refractivity contribution in [1.29, 1.82) is 0 Å². The van der Waals surface area contributed by atoms with E-state index in [-0.39, 0.29) is 42.2 Å². The van der Waals surface area contributed by atoms with Crippen molar-refractivity contribution in [2.45, 2.75) is 64.1 Å². The molecule has 5 rings (SSSR count). The molecule has 3 aliphatic heterocycles. The Morgan fingerprint density at radius 2 is 2.12 bits per heavy atom. The minimum Gasteiger partial charge on any atom is -0.501 e. The minimum atomic E-state index is -4.77. The lowest BCUT2D eigenvalue weighted by molar-refractivity contribution is -0.274. The molecular formula is C23H26F3N3O3. The molecule has 1 fully saturated rings. The summed E-state index contributed by atoms with van der Waals surface area (Å²) in [4.78, 5) is 19.4. The summed E-state index contributed by atoms with van der Waals surface area (Å²) in [7, 11) is 0. The molecule has 6 nitrogen and oxygen atoms in total. The number of carbonyl (C=O) groups excluding carboxylic acids is 1. The quantitative estimate of drug-likeness (QED) is 0.716. The summed E-state index contributed by atoms with van der Waals surface area (Å²) in [5, 5.41) is 3.69. The van der Waals surface area contributed by atoms with Crippen LogP contribution in [0.15, 0.2) is 35.7 Å². The van der Waals surface area contributed by atoms with Gasteiger partial charge in [-0.3, -0.25) is 9.78 Å². The highest BCUT2D eigenvalue weighted by atomic mass is 19.4. The number of carbonyl (C=O) groups is 1. The molecule has 1 N–H and O–H groups in total. The molecule has 1 aliphatic carbocycles. The molecule has 1 aromatic heterocycles. The molecule has 3 unspecified atom stereocenters. The van der Waals surface area contributed by atoms with Crippen LogP contribution >= 0.6 is 0 Å². The Morgan fingerprint density at radius 1 is 1.31 bits per heavy atom. The largest absolute Gasteiger partial charge is 0.573 e. The van der Waals surface area contributed by atoms with Gasteiger partial charge < -0.3 is 19.7 Å². The lowest BCUT2D eigenvalue weighted by atomic mass is 9.82. The second-order valence-electron chi connectivity index (χ2n) is 9.24. The predicted molar refractivity (Wildman–Crippen MR) is 109 cm³/mol. The van der Waals surface area contributed by atoms with Crippen LogP contribution in [-0.2, 0) is 22.5 Å². The van der Waals surface area contributed by atoms with E-state index in [2.05, 4.69) is 28.9 Å². The average molecular weight is 449 g/mol. The number of hydrogen-bond donors (Lipinski definition) is 1. The molecule has 1 saturated carbocycles. The highest BCUT2D eigenvalue weighted by Gasteiger charge is 2.46. The first-order chi connectivity index (χ1) is 15.2. The number of amides is 1. The van der Waals surface area contributed by atoms with Crippen molar-refractivity contribution in [3.63, 3.8) is 0 Å². The predicted octanol–water partition coefficient (Wildman–Crippen LogP) is 3.48. The number of ether oxygens (including phenoxy) is 2. The van der Waals surface area contributed by atoms with Crippen molar-refractivity contribution in [3.8, 4) is 5.75 Å². The van der Waals surface area contributed by atoms with Gasteiger partial charge in [-0.25, -0.2) is 0 Å². The van der Waals surface area contributed by atoms with Crippen LogP contribution in [-0.4, -0.2) is 46.9 Å². The first-order valence-electron chi connectivity index (χ1n) is 11.0. The summed E-state index contributed by atoms with van der Waals surface area (Å²) in [5.41, 5.74) is 3.73. The SMILES string of the molecule is CC1=C2C[C@@H](NC3C=COCC3C)C[C@H]2C(=O)N2Cc3cc(OC(F)(F)F)cnc3CC12. The van der Waals surface area contributed by atoms with Crippen molar-refractivity contribution < 1.29 is 27.4 Å². The molecule has 1 amide bonds. The fraction of sp³-hybridized carbons (Fsp3) is 0.565. The van der Waals surface area contributed by atoms with Crippen LogP contribution in [0.5, 0.6) is 5.75 Å². The summed E-state index contributed by atoms with van der Waals surface area (Å²) in [6.07, 6.45) is 2.18. The first kappa shape index (κ1) is 21.3. The van der Waals surface area contributed by atoms with E-state index in [1.807, 2.05) is 11.0 Å². The molecule has 0 spiro atoms. The van der Waals surface area contributed by atoms with Crippen LogP contribution in [0, 0.1) is 11.8 Å². The standard InChI is InChI=1S/C23H26F3N3O3/c1-12-11-31-4-3-19(12)28-15-6-17-13(2)21-8-20-14(10-29(21)22(30)18(17)7-15)5-16(9-27-20)32-23(24,25)26/h3-5,9,12,15,18-19,21,28H,6-8,10-11H2,1-2H3/t12?,15-,18-,19?,21?/m1/s1. The molecule has 32 heavy (non-hydrogen) atoms. The highest BCUT2D eigenvalue weighted by molar-refractivity contribution is 5.85. The Hall–Kier alpha value is -2.55. The number of nitrogens with zero attached hydrogens (tertiary/aromatic N) is 2. The van der Waals surface area contributed by atoms with Gasteiger partial charge in [-0.15, -0.1) is 13.2 Å². The first-order valence-corrected chi connectivity index (χ1v) is 11.0. The Morgan fingerprint density at radius 3 is 2.88 bits per heavy atom. The van der Waals surface area contributed by atoms with E-state index >= 15 is 0 Å². The lowest BCUT2D eigenvalue weighted by Gasteiger charge is -2.43. The number of pyridine rings is 1. The summed E-state index contributed by atoms with van der Waals surface area (Å²) < 4.78 is 47.2. The molecule has 0 aromatic carbocycles. The zero-order chi connectivity index (χ0) is 22.6. The van der Waals surface area contributed by atoms with E-state index in [9.17, 15) is 18.0 Å². The number of fused-ring (bicyclic) bond motifs is 3. The number of nitrogens with one attached hydrogen (secondary N) is 1. The molecule has 9 heteroatoms. The number of rotatable bonds is 3.